The SMILES string of the molecule is COc1ccccc1CNC(=O)Cc1ccccc1O. The number of nitrogens with one attached hydrogen (secondary N) is 1. The first-order chi connectivity index (χ1) is 9.70. The van der Waals surface area contributed by atoms with E-state index in [1.165, 1.54) is 0 Å². The second kappa shape index (κ2) is 6.61. The Morgan fingerprint density at radius 1 is 1.10 bits per heavy atom. The first-order valence-corrected chi connectivity index (χ1v) is 6.36. The number of ether oxygens (including phenoxy) is 1. The highest BCUT2D eigenvalue weighted by atomic mass is 16.5. The van der Waals surface area contributed by atoms with Crippen LogP contribution in [0.4, 0.5) is 0 Å². The fourth-order valence-electron chi connectivity index (χ4n) is 1.94. The molecule has 0 aliphatic rings. The van der Waals surface area contributed by atoms with Crippen molar-refractivity contribution in [3.63, 3.8) is 0 Å². The molecule has 0 saturated heterocycles. The maximum atomic E-state index is 11.9. The van der Waals surface area contributed by atoms with Crippen LogP contribution in [0.1, 0.15) is 11.1 Å². The molecule has 0 aliphatic carbocycles. The molecule has 0 saturated carbocycles. The standard InChI is InChI=1S/C16H17NO3/c1-20-15-9-5-3-7-13(15)11-17-16(19)10-12-6-2-4-8-14(12)18/h2-9,18H,10-11H2,1H3,(H,17,19). The van der Waals surface area contributed by atoms with Gasteiger partial charge in [-0.2, -0.15) is 0 Å². The molecule has 0 unspecified atom stereocenters. The molecule has 104 valence electrons. The fourth-order valence-corrected chi connectivity index (χ4v) is 1.94. The van der Waals surface area contributed by atoms with Crippen molar-refractivity contribution in [3.05, 3.63) is 59.7 Å². The summed E-state index contributed by atoms with van der Waals surface area (Å²) in [6, 6.07) is 14.4. The number of rotatable bonds is 5. The van der Waals surface area contributed by atoms with Crippen molar-refractivity contribution in [1.29, 1.82) is 0 Å². The predicted molar refractivity (Wildman–Crippen MR) is 76.7 cm³/mol. The lowest BCUT2D eigenvalue weighted by Crippen LogP contribution is -2.24. The minimum atomic E-state index is -0.141. The highest BCUT2D eigenvalue weighted by molar-refractivity contribution is 5.79. The summed E-state index contributed by atoms with van der Waals surface area (Å²) < 4.78 is 5.22. The summed E-state index contributed by atoms with van der Waals surface area (Å²) in [5.74, 6) is 0.743. The molecule has 0 bridgehead atoms. The van der Waals surface area contributed by atoms with Crippen LogP contribution in [-0.2, 0) is 17.8 Å². The van der Waals surface area contributed by atoms with Gasteiger partial charge in [0.2, 0.25) is 5.91 Å². The number of aromatic hydroxyl groups is 1. The number of carbonyl (C=O) groups excluding carboxylic acids is 1. The van der Waals surface area contributed by atoms with Gasteiger partial charge in [0.15, 0.2) is 0 Å². The fraction of sp³-hybridized carbons (Fsp3) is 0.188. The number of amides is 1. The lowest BCUT2D eigenvalue weighted by atomic mass is 10.1. The third kappa shape index (κ3) is 3.51. The van der Waals surface area contributed by atoms with E-state index in [1.807, 2.05) is 24.3 Å². The lowest BCUT2D eigenvalue weighted by Gasteiger charge is -2.10. The predicted octanol–water partition coefficient (Wildman–Crippen LogP) is 2.26. The molecule has 2 aromatic rings. The van der Waals surface area contributed by atoms with E-state index in [1.54, 1.807) is 31.4 Å². The summed E-state index contributed by atoms with van der Waals surface area (Å²) >= 11 is 0. The van der Waals surface area contributed by atoms with Crippen LogP contribution in [0, 0.1) is 0 Å². The normalized spacial score (nSPS) is 10.1. The van der Waals surface area contributed by atoms with Crippen LogP contribution in [0.3, 0.4) is 0 Å². The molecule has 0 heterocycles. The van der Waals surface area contributed by atoms with Crippen molar-refractivity contribution in [2.45, 2.75) is 13.0 Å². The average Bonchev–Trinajstić information content (AvgIpc) is 2.48. The summed E-state index contributed by atoms with van der Waals surface area (Å²) in [7, 11) is 1.60. The van der Waals surface area contributed by atoms with Gasteiger partial charge in [0.25, 0.3) is 0 Å². The van der Waals surface area contributed by atoms with Crippen LogP contribution < -0.4 is 10.1 Å². The second-order valence-corrected chi connectivity index (χ2v) is 4.39. The summed E-state index contributed by atoms with van der Waals surface area (Å²) in [6.45, 7) is 0.399. The highest BCUT2D eigenvalue weighted by Gasteiger charge is 2.08. The molecule has 4 heteroatoms. The van der Waals surface area contributed by atoms with E-state index < -0.39 is 0 Å². The zero-order valence-corrected chi connectivity index (χ0v) is 11.3. The largest absolute Gasteiger partial charge is 0.508 e. The number of phenolic OH excluding ortho intramolecular Hbond substituents is 1. The summed E-state index contributed by atoms with van der Waals surface area (Å²) in [5.41, 5.74) is 1.53. The molecule has 0 spiro atoms. The molecule has 2 N–H and O–H groups in total. The topological polar surface area (TPSA) is 58.6 Å². The van der Waals surface area contributed by atoms with Crippen LogP contribution >= 0.6 is 0 Å². The Balaban J connectivity index is 1.94. The summed E-state index contributed by atoms with van der Waals surface area (Å²) in [6.07, 6.45) is 0.155. The number of benzene rings is 2. The number of methoxy groups -OCH3 is 1. The van der Waals surface area contributed by atoms with Gasteiger partial charge < -0.3 is 15.2 Å². The van der Waals surface area contributed by atoms with E-state index in [9.17, 15) is 9.90 Å². The molecule has 0 aliphatic heterocycles. The first-order valence-electron chi connectivity index (χ1n) is 6.36. The molecule has 0 aromatic heterocycles. The molecule has 4 nitrogen and oxygen atoms in total. The van der Waals surface area contributed by atoms with Gasteiger partial charge in [-0.15, -0.1) is 0 Å². The van der Waals surface area contributed by atoms with E-state index in [-0.39, 0.29) is 18.1 Å². The minimum Gasteiger partial charge on any atom is -0.508 e. The molecule has 2 aromatic carbocycles. The van der Waals surface area contributed by atoms with Crippen LogP contribution in [0.5, 0.6) is 11.5 Å². The quantitative estimate of drug-likeness (QED) is 0.877. The minimum absolute atomic E-state index is 0.139. The Morgan fingerprint density at radius 2 is 1.75 bits per heavy atom. The summed E-state index contributed by atoms with van der Waals surface area (Å²) in [4.78, 5) is 11.9. The van der Waals surface area contributed by atoms with E-state index in [0.717, 1.165) is 11.3 Å². The maximum absolute atomic E-state index is 11.9. The Hall–Kier alpha value is -2.49. The Morgan fingerprint density at radius 3 is 2.45 bits per heavy atom. The number of para-hydroxylation sites is 2. The molecule has 0 fully saturated rings. The van der Waals surface area contributed by atoms with Crippen molar-refractivity contribution in [3.8, 4) is 11.5 Å². The zero-order valence-electron chi connectivity index (χ0n) is 11.3. The third-order valence-electron chi connectivity index (χ3n) is 3.01. The van der Waals surface area contributed by atoms with E-state index in [0.29, 0.717) is 12.1 Å². The van der Waals surface area contributed by atoms with Gasteiger partial charge in [0, 0.05) is 17.7 Å². The van der Waals surface area contributed by atoms with Crippen LogP contribution in [0.15, 0.2) is 48.5 Å². The highest BCUT2D eigenvalue weighted by Crippen LogP contribution is 2.18. The molecular formula is C16H17NO3. The smallest absolute Gasteiger partial charge is 0.224 e. The van der Waals surface area contributed by atoms with E-state index in [4.69, 9.17) is 4.74 Å². The molecule has 0 atom stereocenters. The third-order valence-corrected chi connectivity index (χ3v) is 3.01. The monoisotopic (exact) mass is 271 g/mol. The van der Waals surface area contributed by atoms with Crippen molar-refractivity contribution < 1.29 is 14.6 Å². The van der Waals surface area contributed by atoms with Gasteiger partial charge in [0.1, 0.15) is 11.5 Å². The van der Waals surface area contributed by atoms with Gasteiger partial charge in [0.05, 0.1) is 13.5 Å². The first kappa shape index (κ1) is 13.9. The van der Waals surface area contributed by atoms with Gasteiger partial charge in [-0.1, -0.05) is 36.4 Å². The van der Waals surface area contributed by atoms with Gasteiger partial charge in [-0.3, -0.25) is 4.79 Å². The van der Waals surface area contributed by atoms with E-state index in [2.05, 4.69) is 5.32 Å². The van der Waals surface area contributed by atoms with Gasteiger partial charge in [-0.25, -0.2) is 0 Å². The number of carbonyl (C=O) groups is 1. The number of hydrogen-bond donors (Lipinski definition) is 2. The molecular weight excluding hydrogens is 254 g/mol. The van der Waals surface area contributed by atoms with Crippen LogP contribution in [0.2, 0.25) is 0 Å². The molecule has 20 heavy (non-hydrogen) atoms. The van der Waals surface area contributed by atoms with Crippen LogP contribution in [-0.4, -0.2) is 18.1 Å². The lowest BCUT2D eigenvalue weighted by molar-refractivity contribution is -0.120. The maximum Gasteiger partial charge on any atom is 0.224 e. The summed E-state index contributed by atoms with van der Waals surface area (Å²) in [5, 5.41) is 12.4. The van der Waals surface area contributed by atoms with Gasteiger partial charge >= 0.3 is 0 Å². The molecule has 2 rings (SSSR count). The molecule has 0 radical (unpaired) electrons. The zero-order chi connectivity index (χ0) is 14.4. The van der Waals surface area contributed by atoms with Crippen molar-refractivity contribution in [2.24, 2.45) is 0 Å². The van der Waals surface area contributed by atoms with Crippen molar-refractivity contribution >= 4 is 5.91 Å². The Kier molecular flexibility index (Phi) is 4.60. The number of hydrogen-bond acceptors (Lipinski definition) is 3. The molecule has 1 amide bonds. The Bertz CT molecular complexity index is 596. The second-order valence-electron chi connectivity index (χ2n) is 4.39. The van der Waals surface area contributed by atoms with Gasteiger partial charge in [-0.05, 0) is 12.1 Å². The number of phenols is 1. The Labute approximate surface area is 118 Å². The average molecular weight is 271 g/mol. The van der Waals surface area contributed by atoms with Crippen molar-refractivity contribution in [2.75, 3.05) is 7.11 Å². The van der Waals surface area contributed by atoms with Crippen molar-refractivity contribution in [1.82, 2.24) is 5.32 Å². The van der Waals surface area contributed by atoms with Crippen LogP contribution in [0.25, 0.3) is 0 Å². The van der Waals surface area contributed by atoms with E-state index >= 15 is 0 Å².